The minimum absolute atomic E-state index is 0.874. The second-order valence-corrected chi connectivity index (χ2v) is 10.2. The lowest BCUT2D eigenvalue weighted by Gasteiger charge is -2.24. The molecule has 1 saturated heterocycles. The van der Waals surface area contributed by atoms with Crippen LogP contribution in [0.2, 0.25) is 0 Å². The molecule has 0 aromatic heterocycles. The van der Waals surface area contributed by atoms with E-state index < -0.39 is 8.75 Å². The molecule has 0 N–H and O–H groups in total. The second kappa shape index (κ2) is 2.01. The Kier molecular flexibility index (Phi) is 1.39. The van der Waals surface area contributed by atoms with E-state index in [2.05, 4.69) is 30.7 Å². The molecular formula is C10H18S. The van der Waals surface area contributed by atoms with E-state index in [9.17, 15) is 0 Å². The molecule has 1 aliphatic heterocycles. The molecule has 0 spiro atoms. The molecule has 0 unspecified atom stereocenters. The topological polar surface area (TPSA) is 0 Å². The number of hydrogen-bond acceptors (Lipinski definition) is 0. The number of hydrogen-bond donors (Lipinski definition) is 0. The van der Waals surface area contributed by atoms with Crippen molar-refractivity contribution < 1.29 is 0 Å². The fourth-order valence-corrected chi connectivity index (χ4v) is 6.62. The van der Waals surface area contributed by atoms with Crippen LogP contribution in [-0.4, -0.2) is 28.4 Å². The summed E-state index contributed by atoms with van der Waals surface area (Å²) in [5, 5.41) is 3.69. The Morgan fingerprint density at radius 2 is 1.91 bits per heavy atom. The van der Waals surface area contributed by atoms with E-state index in [1.165, 1.54) is 24.3 Å². The third-order valence-corrected chi connectivity index (χ3v) is 8.89. The maximum atomic E-state index is 2.56. The molecule has 0 aromatic rings. The molecule has 1 heteroatoms. The lowest BCUT2D eigenvalue weighted by Crippen LogP contribution is -1.97. The summed E-state index contributed by atoms with van der Waals surface area (Å²) in [5.41, 5.74) is 0. The highest BCUT2D eigenvalue weighted by atomic mass is 32.3. The van der Waals surface area contributed by atoms with Gasteiger partial charge in [-0.2, -0.15) is 0 Å². The monoisotopic (exact) mass is 170 g/mol. The third-order valence-electron chi connectivity index (χ3n) is 3.28. The quantitative estimate of drug-likeness (QED) is 0.339. The van der Waals surface area contributed by atoms with Crippen molar-refractivity contribution in [1.29, 1.82) is 0 Å². The van der Waals surface area contributed by atoms with Crippen molar-refractivity contribution in [2.75, 3.05) is 17.8 Å². The van der Waals surface area contributed by atoms with E-state index in [1.807, 2.05) is 0 Å². The molecule has 1 saturated carbocycles. The van der Waals surface area contributed by atoms with Gasteiger partial charge < -0.3 is 0 Å². The lowest BCUT2D eigenvalue weighted by atomic mass is 10.6. The van der Waals surface area contributed by atoms with E-state index in [1.54, 1.807) is 0 Å². The van der Waals surface area contributed by atoms with Gasteiger partial charge in [0.15, 0.2) is 0 Å². The zero-order valence-corrected chi connectivity index (χ0v) is 8.36. The molecular weight excluding hydrogens is 152 g/mol. The molecule has 1 aliphatic carbocycles. The lowest BCUT2D eigenvalue weighted by molar-refractivity contribution is 1.50. The summed E-state index contributed by atoms with van der Waals surface area (Å²) < 4.78 is 0. The Labute approximate surface area is 69.6 Å². The van der Waals surface area contributed by atoms with Gasteiger partial charge in [-0.3, -0.25) is 0 Å². The molecule has 2 aliphatic rings. The first kappa shape index (κ1) is 7.60. The predicted octanol–water partition coefficient (Wildman–Crippen LogP) is 2.51. The van der Waals surface area contributed by atoms with Crippen LogP contribution >= 0.6 is 8.75 Å². The smallest absolute Gasteiger partial charge is 0.0141 e. The number of rotatable bonds is 2. The van der Waals surface area contributed by atoms with Gasteiger partial charge in [-0.15, -0.1) is 0 Å². The van der Waals surface area contributed by atoms with Crippen LogP contribution in [0.25, 0.3) is 0 Å². The fourth-order valence-electron chi connectivity index (χ4n) is 1.85. The van der Waals surface area contributed by atoms with Gasteiger partial charge in [0, 0.05) is 0 Å². The summed E-state index contributed by atoms with van der Waals surface area (Å²) >= 11 is 0. The first-order chi connectivity index (χ1) is 5.18. The highest BCUT2D eigenvalue weighted by molar-refractivity contribution is 8.52. The van der Waals surface area contributed by atoms with Crippen molar-refractivity contribution in [3.05, 3.63) is 12.2 Å². The molecule has 0 amide bonds. The molecule has 0 radical (unpaired) electrons. The van der Waals surface area contributed by atoms with E-state index in [0.29, 0.717) is 0 Å². The Balaban J connectivity index is 2.30. The SMILES string of the molecule is CC=CC=S1(C)(C2CC2)CC1. The van der Waals surface area contributed by atoms with Crippen LogP contribution < -0.4 is 0 Å². The van der Waals surface area contributed by atoms with Crippen molar-refractivity contribution >= 4 is 14.1 Å². The predicted molar refractivity (Wildman–Crippen MR) is 57.1 cm³/mol. The summed E-state index contributed by atoms with van der Waals surface area (Å²) in [5.74, 6) is 3.07. The van der Waals surface area contributed by atoms with Crippen molar-refractivity contribution in [3.63, 3.8) is 0 Å². The standard InChI is InChI=1S/C10H18S/c1-3-4-7-11(2,8-9-11)10-5-6-10/h3-4,7,10H,5-6,8-9H2,1-2H3. The van der Waals surface area contributed by atoms with Crippen LogP contribution in [0.5, 0.6) is 0 Å². The van der Waals surface area contributed by atoms with Gasteiger partial charge in [0.05, 0.1) is 0 Å². The molecule has 0 atom stereocenters. The largest absolute Gasteiger partial charge is 0.243 e. The zero-order chi connectivity index (χ0) is 7.97. The Morgan fingerprint density at radius 3 is 2.27 bits per heavy atom. The molecule has 2 rings (SSSR count). The molecule has 2 fully saturated rings. The highest BCUT2D eigenvalue weighted by Crippen LogP contribution is 2.77. The summed E-state index contributed by atoms with van der Waals surface area (Å²) in [6, 6.07) is 0. The van der Waals surface area contributed by atoms with Crippen molar-refractivity contribution in [3.8, 4) is 0 Å². The average Bonchev–Trinajstić information content (AvgIpc) is 2.77. The van der Waals surface area contributed by atoms with Gasteiger partial charge >= 0.3 is 0 Å². The Morgan fingerprint density at radius 1 is 1.27 bits per heavy atom. The fraction of sp³-hybridized carbons (Fsp3) is 0.700. The number of allylic oxidation sites excluding steroid dienone is 2. The zero-order valence-electron chi connectivity index (χ0n) is 7.55. The van der Waals surface area contributed by atoms with Gasteiger partial charge in [-0.05, 0) is 42.8 Å². The summed E-state index contributed by atoms with van der Waals surface area (Å²) in [6.45, 7) is 2.12. The molecule has 0 bridgehead atoms. The molecule has 1 heterocycles. The van der Waals surface area contributed by atoms with E-state index in [-0.39, 0.29) is 0 Å². The van der Waals surface area contributed by atoms with Crippen molar-refractivity contribution in [2.45, 2.75) is 25.0 Å². The summed E-state index contributed by atoms with van der Waals surface area (Å²) in [6.07, 6.45) is 10.1. The summed E-state index contributed by atoms with van der Waals surface area (Å²) in [7, 11) is -0.874. The second-order valence-electron chi connectivity index (χ2n) is 4.33. The van der Waals surface area contributed by atoms with Crippen LogP contribution in [0.15, 0.2) is 12.2 Å². The van der Waals surface area contributed by atoms with E-state index in [4.69, 9.17) is 0 Å². The Hall–Kier alpha value is -0.0400. The maximum absolute atomic E-state index is 2.56. The van der Waals surface area contributed by atoms with E-state index in [0.717, 1.165) is 5.25 Å². The van der Waals surface area contributed by atoms with Crippen molar-refractivity contribution in [1.82, 2.24) is 0 Å². The van der Waals surface area contributed by atoms with Gasteiger partial charge in [-0.25, -0.2) is 8.75 Å². The average molecular weight is 170 g/mol. The molecule has 0 aromatic carbocycles. The van der Waals surface area contributed by atoms with Crippen LogP contribution in [0, 0.1) is 0 Å². The van der Waals surface area contributed by atoms with Gasteiger partial charge in [0.25, 0.3) is 0 Å². The van der Waals surface area contributed by atoms with E-state index >= 15 is 0 Å². The van der Waals surface area contributed by atoms with Crippen LogP contribution in [0.4, 0.5) is 0 Å². The molecule has 11 heavy (non-hydrogen) atoms. The van der Waals surface area contributed by atoms with Crippen LogP contribution in [0.3, 0.4) is 0 Å². The van der Waals surface area contributed by atoms with Gasteiger partial charge in [-0.1, -0.05) is 17.5 Å². The summed E-state index contributed by atoms with van der Waals surface area (Å²) in [4.78, 5) is 0. The Bertz CT molecular complexity index is 259. The third kappa shape index (κ3) is 1.10. The normalized spacial score (nSPS) is 36.0. The highest BCUT2D eigenvalue weighted by Gasteiger charge is 2.51. The minimum Gasteiger partial charge on any atom is -0.243 e. The van der Waals surface area contributed by atoms with Crippen LogP contribution in [-0.2, 0) is 0 Å². The first-order valence-electron chi connectivity index (χ1n) is 4.52. The van der Waals surface area contributed by atoms with Gasteiger partial charge in [0.2, 0.25) is 0 Å². The van der Waals surface area contributed by atoms with Crippen molar-refractivity contribution in [2.24, 2.45) is 0 Å². The van der Waals surface area contributed by atoms with Crippen LogP contribution in [0.1, 0.15) is 19.8 Å². The minimum atomic E-state index is -0.874. The van der Waals surface area contributed by atoms with Gasteiger partial charge in [0.1, 0.15) is 0 Å². The molecule has 0 nitrogen and oxygen atoms in total. The maximum Gasteiger partial charge on any atom is -0.0141 e. The first-order valence-corrected chi connectivity index (χ1v) is 7.43. The molecule has 64 valence electrons.